The summed E-state index contributed by atoms with van der Waals surface area (Å²) >= 11 is 0. The maximum Gasteiger partial charge on any atom is 0.251 e. The highest BCUT2D eigenvalue weighted by Gasteiger charge is 2.08. The van der Waals surface area contributed by atoms with Crippen LogP contribution in [0.1, 0.15) is 29.8 Å². The van der Waals surface area contributed by atoms with Gasteiger partial charge in [0.1, 0.15) is 5.82 Å². The molecule has 5 heteroatoms. The smallest absolute Gasteiger partial charge is 0.251 e. The summed E-state index contributed by atoms with van der Waals surface area (Å²) in [6, 6.07) is 4.20. The molecule has 0 unspecified atom stereocenters. The molecule has 0 spiro atoms. The number of amides is 2. The van der Waals surface area contributed by atoms with Crippen molar-refractivity contribution in [3.8, 4) is 0 Å². The highest BCUT2D eigenvalue weighted by atomic mass is 19.1. The van der Waals surface area contributed by atoms with E-state index in [4.69, 9.17) is 0 Å². The largest absolute Gasteiger partial charge is 0.354 e. The van der Waals surface area contributed by atoms with Gasteiger partial charge >= 0.3 is 0 Å². The Labute approximate surface area is 112 Å². The molecule has 19 heavy (non-hydrogen) atoms. The van der Waals surface area contributed by atoms with Gasteiger partial charge in [0.25, 0.3) is 5.91 Å². The Kier molecular flexibility index (Phi) is 5.48. The van der Waals surface area contributed by atoms with Gasteiger partial charge in [0, 0.05) is 24.6 Å². The van der Waals surface area contributed by atoms with Gasteiger partial charge in [0.2, 0.25) is 5.91 Å². The Hall–Kier alpha value is -1.91. The molecule has 0 aliphatic carbocycles. The van der Waals surface area contributed by atoms with Crippen molar-refractivity contribution in [3.63, 3.8) is 0 Å². The molecule has 0 fully saturated rings. The lowest BCUT2D eigenvalue weighted by molar-refractivity contribution is -0.123. The van der Waals surface area contributed by atoms with Gasteiger partial charge in [0.15, 0.2) is 0 Å². The molecule has 0 aromatic heterocycles. The van der Waals surface area contributed by atoms with Crippen molar-refractivity contribution in [2.75, 3.05) is 13.1 Å². The minimum absolute atomic E-state index is 0.0492. The fourth-order valence-electron chi connectivity index (χ4n) is 1.45. The SMILES string of the molecule is Cc1cc(C(=O)NCCNC(=O)C(C)C)ccc1F. The summed E-state index contributed by atoms with van der Waals surface area (Å²) in [6.07, 6.45) is 0. The summed E-state index contributed by atoms with van der Waals surface area (Å²) in [5.74, 6) is -0.732. The van der Waals surface area contributed by atoms with Gasteiger partial charge in [-0.25, -0.2) is 4.39 Å². The van der Waals surface area contributed by atoms with Crippen LogP contribution in [0.3, 0.4) is 0 Å². The van der Waals surface area contributed by atoms with Gasteiger partial charge in [0.05, 0.1) is 0 Å². The van der Waals surface area contributed by atoms with E-state index in [0.717, 1.165) is 0 Å². The van der Waals surface area contributed by atoms with Crippen LogP contribution in [0.4, 0.5) is 4.39 Å². The van der Waals surface area contributed by atoms with Crippen molar-refractivity contribution in [1.29, 1.82) is 0 Å². The Bertz CT molecular complexity index is 473. The molecule has 0 atom stereocenters. The predicted molar refractivity (Wildman–Crippen MR) is 71.3 cm³/mol. The normalized spacial score (nSPS) is 10.4. The fraction of sp³-hybridized carbons (Fsp3) is 0.429. The quantitative estimate of drug-likeness (QED) is 0.796. The van der Waals surface area contributed by atoms with E-state index in [1.54, 1.807) is 20.8 Å². The highest BCUT2D eigenvalue weighted by molar-refractivity contribution is 5.94. The van der Waals surface area contributed by atoms with Crippen molar-refractivity contribution in [1.82, 2.24) is 10.6 Å². The van der Waals surface area contributed by atoms with E-state index in [1.165, 1.54) is 18.2 Å². The molecule has 0 heterocycles. The lowest BCUT2D eigenvalue weighted by Gasteiger charge is -2.09. The number of carbonyl (C=O) groups is 2. The molecule has 0 saturated carbocycles. The maximum absolute atomic E-state index is 13.1. The molecule has 104 valence electrons. The van der Waals surface area contributed by atoms with E-state index in [1.807, 2.05) is 0 Å². The van der Waals surface area contributed by atoms with Gasteiger partial charge in [-0.2, -0.15) is 0 Å². The molecule has 4 nitrogen and oxygen atoms in total. The van der Waals surface area contributed by atoms with Crippen LogP contribution in [0, 0.1) is 18.7 Å². The van der Waals surface area contributed by atoms with Gasteiger partial charge in [-0.15, -0.1) is 0 Å². The third-order valence-corrected chi connectivity index (χ3v) is 2.65. The molecular weight excluding hydrogens is 247 g/mol. The lowest BCUT2D eigenvalue weighted by Crippen LogP contribution is -2.36. The summed E-state index contributed by atoms with van der Waals surface area (Å²) < 4.78 is 13.1. The van der Waals surface area contributed by atoms with Crippen LogP contribution in [0.5, 0.6) is 0 Å². The van der Waals surface area contributed by atoms with Crippen LogP contribution >= 0.6 is 0 Å². The first-order valence-electron chi connectivity index (χ1n) is 6.24. The average Bonchev–Trinajstić information content (AvgIpc) is 2.37. The topological polar surface area (TPSA) is 58.2 Å². The van der Waals surface area contributed by atoms with E-state index in [2.05, 4.69) is 10.6 Å². The average molecular weight is 266 g/mol. The van der Waals surface area contributed by atoms with Crippen LogP contribution < -0.4 is 10.6 Å². The molecule has 1 rings (SSSR count). The lowest BCUT2D eigenvalue weighted by atomic mass is 10.1. The standard InChI is InChI=1S/C14H19FN2O2/c1-9(2)13(18)16-6-7-17-14(19)11-4-5-12(15)10(3)8-11/h4-5,8-9H,6-7H2,1-3H3,(H,16,18)(H,17,19). The highest BCUT2D eigenvalue weighted by Crippen LogP contribution is 2.08. The summed E-state index contributed by atoms with van der Waals surface area (Å²) in [5, 5.41) is 5.36. The zero-order chi connectivity index (χ0) is 14.4. The molecule has 0 aliphatic rings. The number of hydrogen-bond donors (Lipinski definition) is 2. The van der Waals surface area contributed by atoms with Crippen molar-refractivity contribution in [2.24, 2.45) is 5.92 Å². The summed E-state index contributed by atoms with van der Waals surface area (Å²) in [7, 11) is 0. The van der Waals surface area contributed by atoms with Crippen LogP contribution in [0.2, 0.25) is 0 Å². The van der Waals surface area contributed by atoms with E-state index < -0.39 is 0 Å². The molecule has 1 aromatic carbocycles. The Balaban J connectivity index is 2.39. The van der Waals surface area contributed by atoms with E-state index in [-0.39, 0.29) is 23.5 Å². The molecule has 0 bridgehead atoms. The number of rotatable bonds is 5. The number of carbonyl (C=O) groups excluding carboxylic acids is 2. The third kappa shape index (κ3) is 4.69. The molecule has 0 radical (unpaired) electrons. The van der Waals surface area contributed by atoms with Gasteiger partial charge < -0.3 is 10.6 Å². The minimum Gasteiger partial charge on any atom is -0.354 e. The predicted octanol–water partition coefficient (Wildman–Crippen LogP) is 1.64. The van der Waals surface area contributed by atoms with Gasteiger partial charge in [-0.1, -0.05) is 13.8 Å². The number of aryl methyl sites for hydroxylation is 1. The van der Waals surface area contributed by atoms with Crippen LogP contribution in [0.15, 0.2) is 18.2 Å². The number of nitrogens with one attached hydrogen (secondary N) is 2. The van der Waals surface area contributed by atoms with Crippen LogP contribution in [-0.2, 0) is 4.79 Å². The second-order valence-corrected chi connectivity index (χ2v) is 4.67. The Morgan fingerprint density at radius 1 is 1.21 bits per heavy atom. The van der Waals surface area contributed by atoms with Crippen LogP contribution in [0.25, 0.3) is 0 Å². The van der Waals surface area contributed by atoms with Crippen molar-refractivity contribution in [3.05, 3.63) is 35.1 Å². The van der Waals surface area contributed by atoms with Gasteiger partial charge in [-0.3, -0.25) is 9.59 Å². The number of benzene rings is 1. The molecule has 1 aromatic rings. The number of halogens is 1. The van der Waals surface area contributed by atoms with Crippen molar-refractivity contribution >= 4 is 11.8 Å². The summed E-state index contributed by atoms with van der Waals surface area (Å²) in [4.78, 5) is 23.0. The van der Waals surface area contributed by atoms with Gasteiger partial charge in [-0.05, 0) is 30.7 Å². The first-order valence-corrected chi connectivity index (χ1v) is 6.24. The Morgan fingerprint density at radius 2 is 1.84 bits per heavy atom. The zero-order valence-corrected chi connectivity index (χ0v) is 11.4. The maximum atomic E-state index is 13.1. The van der Waals surface area contributed by atoms with E-state index >= 15 is 0 Å². The summed E-state index contributed by atoms with van der Waals surface area (Å²) in [6.45, 7) is 5.93. The molecule has 0 aliphatic heterocycles. The molecule has 2 N–H and O–H groups in total. The van der Waals surface area contributed by atoms with E-state index in [9.17, 15) is 14.0 Å². The van der Waals surface area contributed by atoms with Crippen molar-refractivity contribution in [2.45, 2.75) is 20.8 Å². The zero-order valence-electron chi connectivity index (χ0n) is 11.4. The first kappa shape index (κ1) is 15.1. The fourth-order valence-corrected chi connectivity index (χ4v) is 1.45. The molecule has 2 amide bonds. The summed E-state index contributed by atoms with van der Waals surface area (Å²) in [5.41, 5.74) is 0.842. The van der Waals surface area contributed by atoms with Crippen molar-refractivity contribution < 1.29 is 14.0 Å². The first-order chi connectivity index (χ1) is 8.91. The second kappa shape index (κ2) is 6.87. The monoisotopic (exact) mass is 266 g/mol. The molecule has 0 saturated heterocycles. The third-order valence-electron chi connectivity index (χ3n) is 2.65. The van der Waals surface area contributed by atoms with E-state index in [0.29, 0.717) is 24.2 Å². The minimum atomic E-state index is -0.333. The van der Waals surface area contributed by atoms with Crippen LogP contribution in [-0.4, -0.2) is 24.9 Å². The second-order valence-electron chi connectivity index (χ2n) is 4.67. The number of hydrogen-bond acceptors (Lipinski definition) is 2. The Morgan fingerprint density at radius 3 is 2.42 bits per heavy atom. The molecular formula is C14H19FN2O2.